The van der Waals surface area contributed by atoms with E-state index in [1.807, 2.05) is 13.8 Å². The molecule has 0 atom stereocenters. The van der Waals surface area contributed by atoms with Crippen molar-refractivity contribution in [3.8, 4) is 5.75 Å². The second kappa shape index (κ2) is 7.80. The first-order valence-corrected chi connectivity index (χ1v) is 8.93. The van der Waals surface area contributed by atoms with Crippen molar-refractivity contribution in [2.24, 2.45) is 0 Å². The summed E-state index contributed by atoms with van der Waals surface area (Å²) < 4.78 is 18.6. The SMILES string of the molecule is CC1(C)CC(=O)c2cc(NC(=O)CCC(=O)Nc3ccc(F)cc3)ccc2O1. The quantitative estimate of drug-likeness (QED) is 0.818. The van der Waals surface area contributed by atoms with Crippen molar-refractivity contribution < 1.29 is 23.5 Å². The first kappa shape index (κ1) is 19.5. The summed E-state index contributed by atoms with van der Waals surface area (Å²) in [6.45, 7) is 3.70. The Kier molecular flexibility index (Phi) is 5.44. The highest BCUT2D eigenvalue weighted by atomic mass is 19.1. The third kappa shape index (κ3) is 4.94. The smallest absolute Gasteiger partial charge is 0.224 e. The maximum atomic E-state index is 12.9. The van der Waals surface area contributed by atoms with Gasteiger partial charge in [0.1, 0.15) is 17.2 Å². The lowest BCUT2D eigenvalue weighted by atomic mass is 9.93. The Balaban J connectivity index is 1.54. The van der Waals surface area contributed by atoms with E-state index in [9.17, 15) is 18.8 Å². The van der Waals surface area contributed by atoms with E-state index in [0.29, 0.717) is 22.7 Å². The van der Waals surface area contributed by atoms with Gasteiger partial charge < -0.3 is 15.4 Å². The van der Waals surface area contributed by atoms with Gasteiger partial charge >= 0.3 is 0 Å². The van der Waals surface area contributed by atoms with Crippen molar-refractivity contribution in [1.82, 2.24) is 0 Å². The summed E-state index contributed by atoms with van der Waals surface area (Å²) in [5.41, 5.74) is 0.820. The lowest BCUT2D eigenvalue weighted by molar-refractivity contribution is -0.121. The molecule has 0 bridgehead atoms. The number of Topliss-reactive ketones (excluding diaryl/α,β-unsaturated/α-hetero) is 1. The minimum Gasteiger partial charge on any atom is -0.487 e. The molecule has 0 saturated carbocycles. The molecule has 2 aromatic carbocycles. The van der Waals surface area contributed by atoms with Crippen molar-refractivity contribution in [3.63, 3.8) is 0 Å². The number of rotatable bonds is 5. The number of ketones is 1. The highest BCUT2D eigenvalue weighted by Crippen LogP contribution is 2.34. The first-order valence-electron chi connectivity index (χ1n) is 8.93. The Morgan fingerprint density at radius 2 is 1.57 bits per heavy atom. The van der Waals surface area contributed by atoms with Crippen LogP contribution in [0.25, 0.3) is 0 Å². The van der Waals surface area contributed by atoms with Crippen LogP contribution in [0.2, 0.25) is 0 Å². The van der Waals surface area contributed by atoms with Gasteiger partial charge in [0.15, 0.2) is 5.78 Å². The van der Waals surface area contributed by atoms with Crippen molar-refractivity contribution >= 4 is 29.0 Å². The van der Waals surface area contributed by atoms with Crippen LogP contribution in [0.3, 0.4) is 0 Å². The molecule has 2 aromatic rings. The van der Waals surface area contributed by atoms with E-state index in [-0.39, 0.29) is 36.9 Å². The molecule has 0 radical (unpaired) electrons. The monoisotopic (exact) mass is 384 g/mol. The van der Waals surface area contributed by atoms with E-state index in [0.717, 1.165) is 0 Å². The maximum Gasteiger partial charge on any atom is 0.224 e. The van der Waals surface area contributed by atoms with Crippen LogP contribution >= 0.6 is 0 Å². The van der Waals surface area contributed by atoms with Gasteiger partial charge in [-0.05, 0) is 56.3 Å². The van der Waals surface area contributed by atoms with Crippen LogP contribution in [0.5, 0.6) is 5.75 Å². The number of fused-ring (bicyclic) bond motifs is 1. The standard InChI is InChI=1S/C21H21FN2O4/c1-21(2)12-17(25)16-11-15(7-8-18(16)28-21)24-20(27)10-9-19(26)23-14-5-3-13(22)4-6-14/h3-8,11H,9-10,12H2,1-2H3,(H,23,26)(H,24,27). The molecule has 6 nitrogen and oxygen atoms in total. The third-order valence-electron chi connectivity index (χ3n) is 4.24. The minimum atomic E-state index is -0.549. The predicted octanol–water partition coefficient (Wildman–Crippen LogP) is 3.93. The molecule has 1 aliphatic rings. The molecule has 0 unspecified atom stereocenters. The zero-order valence-corrected chi connectivity index (χ0v) is 15.7. The van der Waals surface area contributed by atoms with Gasteiger partial charge in [-0.1, -0.05) is 0 Å². The van der Waals surface area contributed by atoms with E-state index in [2.05, 4.69) is 10.6 Å². The Labute approximate surface area is 162 Å². The number of benzene rings is 2. The highest BCUT2D eigenvalue weighted by Gasteiger charge is 2.32. The van der Waals surface area contributed by atoms with Crippen LogP contribution in [0.1, 0.15) is 43.5 Å². The molecule has 0 aromatic heterocycles. The van der Waals surface area contributed by atoms with Gasteiger partial charge in [-0.25, -0.2) is 4.39 Å². The number of ether oxygens (including phenoxy) is 1. The molecule has 0 aliphatic carbocycles. The lowest BCUT2D eigenvalue weighted by Crippen LogP contribution is -2.35. The van der Waals surface area contributed by atoms with Crippen LogP contribution in [0.15, 0.2) is 42.5 Å². The van der Waals surface area contributed by atoms with Gasteiger partial charge in [0, 0.05) is 24.2 Å². The molecular formula is C21H21FN2O4. The molecule has 3 rings (SSSR count). The minimum absolute atomic E-state index is 0.0234. The predicted molar refractivity (Wildman–Crippen MR) is 103 cm³/mol. The number of hydrogen-bond acceptors (Lipinski definition) is 4. The summed E-state index contributed by atoms with van der Waals surface area (Å²) >= 11 is 0. The molecule has 0 fully saturated rings. The number of hydrogen-bond donors (Lipinski definition) is 2. The van der Waals surface area contributed by atoms with E-state index in [1.54, 1.807) is 18.2 Å². The second-order valence-corrected chi connectivity index (χ2v) is 7.28. The first-order chi connectivity index (χ1) is 13.2. The fourth-order valence-electron chi connectivity index (χ4n) is 2.94. The van der Waals surface area contributed by atoms with Gasteiger partial charge in [0.2, 0.25) is 11.8 Å². The molecule has 1 aliphatic heterocycles. The zero-order chi connectivity index (χ0) is 20.3. The number of halogens is 1. The highest BCUT2D eigenvalue weighted by molar-refractivity contribution is 6.02. The normalized spacial score (nSPS) is 14.6. The number of anilines is 2. The van der Waals surface area contributed by atoms with Crippen LogP contribution < -0.4 is 15.4 Å². The van der Waals surface area contributed by atoms with Crippen LogP contribution in [-0.4, -0.2) is 23.2 Å². The Morgan fingerprint density at radius 3 is 2.21 bits per heavy atom. The van der Waals surface area contributed by atoms with E-state index in [4.69, 9.17) is 4.74 Å². The molecule has 2 N–H and O–H groups in total. The third-order valence-corrected chi connectivity index (χ3v) is 4.24. The average Bonchev–Trinajstić information content (AvgIpc) is 2.62. The van der Waals surface area contributed by atoms with Crippen LogP contribution in [0.4, 0.5) is 15.8 Å². The van der Waals surface area contributed by atoms with Crippen molar-refractivity contribution in [2.75, 3.05) is 10.6 Å². The lowest BCUT2D eigenvalue weighted by Gasteiger charge is -2.31. The zero-order valence-electron chi connectivity index (χ0n) is 15.7. The largest absolute Gasteiger partial charge is 0.487 e. The Morgan fingerprint density at radius 1 is 1.00 bits per heavy atom. The number of carbonyl (C=O) groups is 3. The van der Waals surface area contributed by atoms with Gasteiger partial charge in [-0.3, -0.25) is 14.4 Å². The van der Waals surface area contributed by atoms with Gasteiger partial charge in [-0.2, -0.15) is 0 Å². The summed E-state index contributed by atoms with van der Waals surface area (Å²) in [6.07, 6.45) is 0.215. The summed E-state index contributed by atoms with van der Waals surface area (Å²) in [7, 11) is 0. The topological polar surface area (TPSA) is 84.5 Å². The van der Waals surface area contributed by atoms with Crippen molar-refractivity contribution in [3.05, 3.63) is 53.8 Å². The average molecular weight is 384 g/mol. The Bertz CT molecular complexity index is 923. The van der Waals surface area contributed by atoms with Crippen molar-refractivity contribution in [2.45, 2.75) is 38.7 Å². The fraction of sp³-hybridized carbons (Fsp3) is 0.286. The van der Waals surface area contributed by atoms with Gasteiger partial charge in [-0.15, -0.1) is 0 Å². The Hall–Kier alpha value is -3.22. The van der Waals surface area contributed by atoms with E-state index >= 15 is 0 Å². The van der Waals surface area contributed by atoms with Crippen LogP contribution in [-0.2, 0) is 9.59 Å². The molecular weight excluding hydrogens is 363 g/mol. The van der Waals surface area contributed by atoms with Crippen LogP contribution in [0, 0.1) is 5.82 Å². The van der Waals surface area contributed by atoms with E-state index in [1.165, 1.54) is 24.3 Å². The van der Waals surface area contributed by atoms with E-state index < -0.39 is 11.4 Å². The van der Waals surface area contributed by atoms with Crippen molar-refractivity contribution in [1.29, 1.82) is 0 Å². The molecule has 28 heavy (non-hydrogen) atoms. The van der Waals surface area contributed by atoms with Gasteiger partial charge in [0.05, 0.1) is 12.0 Å². The number of amides is 2. The number of carbonyl (C=O) groups excluding carboxylic acids is 3. The molecule has 7 heteroatoms. The molecule has 0 spiro atoms. The summed E-state index contributed by atoms with van der Waals surface area (Å²) in [4.78, 5) is 36.3. The fourth-order valence-corrected chi connectivity index (χ4v) is 2.94. The molecule has 1 heterocycles. The molecule has 146 valence electrons. The summed E-state index contributed by atoms with van der Waals surface area (Å²) in [5, 5.41) is 5.28. The summed E-state index contributed by atoms with van der Waals surface area (Å²) in [6, 6.07) is 10.3. The molecule has 0 saturated heterocycles. The summed E-state index contributed by atoms with van der Waals surface area (Å²) in [5.74, 6) is -0.634. The molecule has 2 amide bonds. The number of nitrogens with one attached hydrogen (secondary N) is 2. The maximum absolute atomic E-state index is 12.9. The second-order valence-electron chi connectivity index (χ2n) is 7.28. The van der Waals surface area contributed by atoms with Gasteiger partial charge in [0.25, 0.3) is 0 Å².